The van der Waals surface area contributed by atoms with Gasteiger partial charge in [0.25, 0.3) is 0 Å². The fourth-order valence-electron chi connectivity index (χ4n) is 1.83. The molecule has 1 aromatic carbocycles. The van der Waals surface area contributed by atoms with Crippen LogP contribution < -0.4 is 10.6 Å². The van der Waals surface area contributed by atoms with Gasteiger partial charge in [0.15, 0.2) is 0 Å². The zero-order chi connectivity index (χ0) is 13.0. The maximum atomic E-state index is 10.7. The summed E-state index contributed by atoms with van der Waals surface area (Å²) in [6.45, 7) is 3.50. The number of nitrogens with one attached hydrogen (secondary N) is 3. The highest BCUT2D eigenvalue weighted by Crippen LogP contribution is 2.26. The highest BCUT2D eigenvalue weighted by atomic mass is 35.5. The molecule has 18 heavy (non-hydrogen) atoms. The van der Waals surface area contributed by atoms with Crippen LogP contribution in [-0.2, 0) is 11.3 Å². The molecule has 2 rings (SSSR count). The largest absolute Gasteiger partial charge is 0.356 e. The molecule has 2 aromatic rings. The highest BCUT2D eigenvalue weighted by molar-refractivity contribution is 6.36. The zero-order valence-corrected chi connectivity index (χ0v) is 11.0. The van der Waals surface area contributed by atoms with Gasteiger partial charge in [-0.1, -0.05) is 29.8 Å². The Labute approximate surface area is 111 Å². The molecule has 0 aliphatic heterocycles. The summed E-state index contributed by atoms with van der Waals surface area (Å²) >= 11 is 6.28. The van der Waals surface area contributed by atoms with E-state index in [1.807, 2.05) is 24.3 Å². The van der Waals surface area contributed by atoms with E-state index in [1.165, 1.54) is 6.92 Å². The van der Waals surface area contributed by atoms with Gasteiger partial charge in [0.05, 0.1) is 5.02 Å². The molecule has 5 heteroatoms. The topological polar surface area (TPSA) is 56.9 Å². The number of halogens is 1. The van der Waals surface area contributed by atoms with E-state index in [2.05, 4.69) is 15.6 Å². The van der Waals surface area contributed by atoms with Crippen LogP contribution in [0.4, 0.5) is 0 Å². The lowest BCUT2D eigenvalue weighted by molar-refractivity contribution is -0.118. The summed E-state index contributed by atoms with van der Waals surface area (Å²) in [6, 6.07) is 7.94. The Morgan fingerprint density at radius 1 is 1.33 bits per heavy atom. The van der Waals surface area contributed by atoms with E-state index < -0.39 is 0 Å². The molecule has 1 aromatic heterocycles. The minimum Gasteiger partial charge on any atom is -0.356 e. The van der Waals surface area contributed by atoms with Crippen LogP contribution in [0.25, 0.3) is 10.9 Å². The number of hydrogen-bond donors (Lipinski definition) is 3. The molecule has 3 N–H and O–H groups in total. The van der Waals surface area contributed by atoms with Crippen molar-refractivity contribution in [1.82, 2.24) is 15.6 Å². The number of carbonyl (C=O) groups is 1. The van der Waals surface area contributed by atoms with Gasteiger partial charge in [0.1, 0.15) is 0 Å². The van der Waals surface area contributed by atoms with E-state index in [0.29, 0.717) is 19.6 Å². The molecule has 0 aliphatic carbocycles. The number of rotatable bonds is 5. The molecule has 0 fully saturated rings. The number of H-pyrrole nitrogens is 1. The average Bonchev–Trinajstić information content (AvgIpc) is 2.66. The Morgan fingerprint density at radius 2 is 2.11 bits per heavy atom. The van der Waals surface area contributed by atoms with Gasteiger partial charge in [-0.25, -0.2) is 0 Å². The molecule has 0 saturated carbocycles. The van der Waals surface area contributed by atoms with Gasteiger partial charge in [-0.2, -0.15) is 0 Å². The third kappa shape index (κ3) is 3.03. The van der Waals surface area contributed by atoms with E-state index in [1.54, 1.807) is 0 Å². The first-order chi connectivity index (χ1) is 8.68. The van der Waals surface area contributed by atoms with Crippen molar-refractivity contribution in [2.24, 2.45) is 0 Å². The lowest BCUT2D eigenvalue weighted by Crippen LogP contribution is -2.30. The first-order valence-corrected chi connectivity index (χ1v) is 6.26. The highest BCUT2D eigenvalue weighted by Gasteiger charge is 2.07. The van der Waals surface area contributed by atoms with Crippen LogP contribution in [0.3, 0.4) is 0 Å². The van der Waals surface area contributed by atoms with E-state index in [9.17, 15) is 4.79 Å². The molecule has 0 atom stereocenters. The van der Waals surface area contributed by atoms with Crippen molar-refractivity contribution in [3.8, 4) is 0 Å². The number of aromatic nitrogens is 1. The van der Waals surface area contributed by atoms with Crippen LogP contribution in [0.2, 0.25) is 5.02 Å². The molecule has 96 valence electrons. The molecular weight excluding hydrogens is 250 g/mol. The third-order valence-corrected chi connectivity index (χ3v) is 3.12. The Kier molecular flexibility index (Phi) is 4.23. The number of fused-ring (bicyclic) bond motifs is 1. The number of benzene rings is 1. The number of carbonyl (C=O) groups excluding carboxylic acids is 1. The van der Waals surface area contributed by atoms with Crippen molar-refractivity contribution < 1.29 is 4.79 Å². The smallest absolute Gasteiger partial charge is 0.216 e. The summed E-state index contributed by atoms with van der Waals surface area (Å²) in [6.07, 6.45) is 0. The Morgan fingerprint density at radius 3 is 2.83 bits per heavy atom. The van der Waals surface area contributed by atoms with E-state index in [0.717, 1.165) is 21.6 Å². The normalized spacial score (nSPS) is 10.8. The SMILES string of the molecule is CC(=O)NCCNCc1[nH]c2ccccc2c1Cl. The summed E-state index contributed by atoms with van der Waals surface area (Å²) in [4.78, 5) is 14.0. The zero-order valence-electron chi connectivity index (χ0n) is 10.2. The monoisotopic (exact) mass is 265 g/mol. The van der Waals surface area contributed by atoms with Crippen molar-refractivity contribution in [2.75, 3.05) is 13.1 Å². The van der Waals surface area contributed by atoms with Crippen molar-refractivity contribution in [3.05, 3.63) is 35.0 Å². The minimum atomic E-state index is -0.0135. The first-order valence-electron chi connectivity index (χ1n) is 5.88. The van der Waals surface area contributed by atoms with Gasteiger partial charge in [0, 0.05) is 43.2 Å². The fourth-order valence-corrected chi connectivity index (χ4v) is 2.10. The van der Waals surface area contributed by atoms with Crippen molar-refractivity contribution >= 4 is 28.4 Å². The van der Waals surface area contributed by atoms with Crippen LogP contribution >= 0.6 is 11.6 Å². The van der Waals surface area contributed by atoms with Crippen molar-refractivity contribution in [3.63, 3.8) is 0 Å². The van der Waals surface area contributed by atoms with Crippen molar-refractivity contribution in [2.45, 2.75) is 13.5 Å². The summed E-state index contributed by atoms with van der Waals surface area (Å²) in [7, 11) is 0. The van der Waals surface area contributed by atoms with E-state index in [-0.39, 0.29) is 5.91 Å². The van der Waals surface area contributed by atoms with Gasteiger partial charge >= 0.3 is 0 Å². The molecule has 0 bridgehead atoms. The molecule has 1 heterocycles. The standard InChI is InChI=1S/C13H16ClN3O/c1-9(18)16-7-6-15-8-12-13(14)10-4-2-3-5-11(10)17-12/h2-5,15,17H,6-8H2,1H3,(H,16,18). The Bertz CT molecular complexity index is 550. The molecule has 0 unspecified atom stereocenters. The quantitative estimate of drug-likeness (QED) is 0.725. The number of para-hydroxylation sites is 1. The van der Waals surface area contributed by atoms with Crippen molar-refractivity contribution in [1.29, 1.82) is 0 Å². The van der Waals surface area contributed by atoms with Gasteiger partial charge in [0.2, 0.25) is 5.91 Å². The van der Waals surface area contributed by atoms with E-state index in [4.69, 9.17) is 11.6 Å². The van der Waals surface area contributed by atoms with E-state index >= 15 is 0 Å². The summed E-state index contributed by atoms with van der Waals surface area (Å²) < 4.78 is 0. The number of aromatic amines is 1. The second kappa shape index (κ2) is 5.89. The number of amides is 1. The predicted octanol–water partition coefficient (Wildman–Crippen LogP) is 2.05. The van der Waals surface area contributed by atoms with Crippen LogP contribution in [0.5, 0.6) is 0 Å². The minimum absolute atomic E-state index is 0.0135. The number of hydrogen-bond acceptors (Lipinski definition) is 2. The molecule has 0 spiro atoms. The fraction of sp³-hybridized carbons (Fsp3) is 0.308. The molecule has 1 amide bonds. The van der Waals surface area contributed by atoms with Crippen LogP contribution in [0.1, 0.15) is 12.6 Å². The van der Waals surface area contributed by atoms with Gasteiger partial charge in [-0.15, -0.1) is 0 Å². The second-order valence-corrected chi connectivity index (χ2v) is 4.50. The van der Waals surface area contributed by atoms with Crippen LogP contribution in [-0.4, -0.2) is 24.0 Å². The Balaban J connectivity index is 1.91. The van der Waals surface area contributed by atoms with Crippen LogP contribution in [0.15, 0.2) is 24.3 Å². The van der Waals surface area contributed by atoms with Gasteiger partial charge in [-0.3, -0.25) is 4.79 Å². The average molecular weight is 266 g/mol. The molecule has 0 radical (unpaired) electrons. The third-order valence-electron chi connectivity index (χ3n) is 2.69. The molecule has 4 nitrogen and oxygen atoms in total. The summed E-state index contributed by atoms with van der Waals surface area (Å²) in [5.74, 6) is -0.0135. The molecule has 0 aliphatic rings. The van der Waals surface area contributed by atoms with Gasteiger partial charge < -0.3 is 15.6 Å². The molecule has 0 saturated heterocycles. The van der Waals surface area contributed by atoms with Gasteiger partial charge in [-0.05, 0) is 6.07 Å². The second-order valence-electron chi connectivity index (χ2n) is 4.12. The Hall–Kier alpha value is -1.52. The lowest BCUT2D eigenvalue weighted by atomic mass is 10.2. The summed E-state index contributed by atoms with van der Waals surface area (Å²) in [5, 5.41) is 7.76. The maximum Gasteiger partial charge on any atom is 0.216 e. The maximum absolute atomic E-state index is 10.7. The molecular formula is C13H16ClN3O. The lowest BCUT2D eigenvalue weighted by Gasteiger charge is -2.04. The summed E-state index contributed by atoms with van der Waals surface area (Å²) in [5.41, 5.74) is 2.02. The predicted molar refractivity (Wildman–Crippen MR) is 73.7 cm³/mol. The van der Waals surface area contributed by atoms with Crippen LogP contribution in [0, 0.1) is 0 Å². The first kappa shape index (κ1) is 12.9.